The summed E-state index contributed by atoms with van der Waals surface area (Å²) >= 11 is 0.677. The van der Waals surface area contributed by atoms with Crippen molar-refractivity contribution in [2.24, 2.45) is 4.99 Å². The van der Waals surface area contributed by atoms with Crippen LogP contribution in [0.25, 0.3) is 0 Å². The van der Waals surface area contributed by atoms with Crippen LogP contribution in [0.2, 0.25) is 11.1 Å². The molecule has 0 aliphatic carbocycles. The number of hydrogen-bond donors (Lipinski definition) is 1. The second-order valence-electron chi connectivity index (χ2n) is 4.33. The molecule has 0 unspecified atom stereocenters. The van der Waals surface area contributed by atoms with Gasteiger partial charge in [0, 0.05) is 0 Å². The van der Waals surface area contributed by atoms with Crippen molar-refractivity contribution in [1.82, 2.24) is 0 Å². The van der Waals surface area contributed by atoms with E-state index in [-0.39, 0.29) is 0 Å². The van der Waals surface area contributed by atoms with E-state index in [2.05, 4.69) is 24.7 Å². The molecule has 18 heavy (non-hydrogen) atoms. The van der Waals surface area contributed by atoms with E-state index in [9.17, 15) is 5.11 Å². The Labute approximate surface area is 117 Å². The minimum atomic E-state index is 0.414. The van der Waals surface area contributed by atoms with Crippen molar-refractivity contribution in [2.75, 3.05) is 6.54 Å². The average Bonchev–Trinajstić information content (AvgIpc) is 2.39. The summed E-state index contributed by atoms with van der Waals surface area (Å²) in [5, 5.41) is 11.5. The molecule has 2 nitrogen and oxygen atoms in total. The van der Waals surface area contributed by atoms with E-state index in [0.717, 1.165) is 35.8 Å². The summed E-state index contributed by atoms with van der Waals surface area (Å²) in [5.74, 6) is 3.07. The number of rotatable bonds is 7. The number of nitrogens with zero attached hydrogens (tertiary/aromatic N) is 1. The van der Waals surface area contributed by atoms with Gasteiger partial charge in [-0.25, -0.2) is 0 Å². The average molecular weight is 312 g/mol. The fourth-order valence-corrected chi connectivity index (χ4v) is 2.65. The molecule has 0 radical (unpaired) electrons. The zero-order chi connectivity index (χ0) is 13.4. The van der Waals surface area contributed by atoms with E-state index in [1.54, 1.807) is 0 Å². The SMILES string of the molecule is CCC(CC)c1cccc(C=NCC[Se]C)c1O. The second kappa shape index (κ2) is 8.34. The van der Waals surface area contributed by atoms with Crippen molar-refractivity contribution in [3.8, 4) is 5.75 Å². The topological polar surface area (TPSA) is 32.6 Å². The van der Waals surface area contributed by atoms with E-state index in [1.807, 2.05) is 24.4 Å². The van der Waals surface area contributed by atoms with Gasteiger partial charge in [-0.15, -0.1) is 0 Å². The van der Waals surface area contributed by atoms with Gasteiger partial charge in [0.15, 0.2) is 0 Å². The quantitative estimate of drug-likeness (QED) is 0.462. The van der Waals surface area contributed by atoms with E-state index in [0.29, 0.717) is 26.6 Å². The molecule has 0 aromatic heterocycles. The van der Waals surface area contributed by atoms with Crippen LogP contribution in [0.15, 0.2) is 23.2 Å². The summed E-state index contributed by atoms with van der Waals surface area (Å²) in [7, 11) is 0. The molecule has 0 aliphatic heterocycles. The molecule has 0 bridgehead atoms. The van der Waals surface area contributed by atoms with E-state index in [1.165, 1.54) is 0 Å². The van der Waals surface area contributed by atoms with Gasteiger partial charge in [-0.2, -0.15) is 0 Å². The molecule has 0 heterocycles. The van der Waals surface area contributed by atoms with Gasteiger partial charge in [-0.1, -0.05) is 0 Å². The van der Waals surface area contributed by atoms with Crippen LogP contribution in [0, 0.1) is 0 Å². The zero-order valence-corrected chi connectivity index (χ0v) is 13.2. The first-order valence-electron chi connectivity index (χ1n) is 6.55. The van der Waals surface area contributed by atoms with Crippen LogP contribution in [0.4, 0.5) is 0 Å². The third kappa shape index (κ3) is 4.15. The molecule has 100 valence electrons. The third-order valence-corrected chi connectivity index (χ3v) is 4.42. The number of aromatic hydroxyl groups is 1. The summed E-state index contributed by atoms with van der Waals surface area (Å²) in [6, 6.07) is 5.97. The molecule has 0 aliphatic rings. The Bertz CT molecular complexity index is 386. The van der Waals surface area contributed by atoms with Crippen molar-refractivity contribution in [2.45, 2.75) is 43.7 Å². The Morgan fingerprint density at radius 1 is 1.33 bits per heavy atom. The molecule has 1 aromatic carbocycles. The van der Waals surface area contributed by atoms with E-state index in [4.69, 9.17) is 0 Å². The normalized spacial score (nSPS) is 11.6. The fraction of sp³-hybridized carbons (Fsp3) is 0.533. The number of aliphatic imine (C=N–C) groups is 1. The van der Waals surface area contributed by atoms with Gasteiger partial charge in [-0.05, 0) is 0 Å². The zero-order valence-electron chi connectivity index (χ0n) is 11.5. The second-order valence-corrected chi connectivity index (χ2v) is 6.39. The predicted octanol–water partition coefficient (Wildman–Crippen LogP) is 3.89. The van der Waals surface area contributed by atoms with Gasteiger partial charge in [-0.3, -0.25) is 0 Å². The molecular formula is C15H23NOSe. The maximum absolute atomic E-state index is 10.3. The van der Waals surface area contributed by atoms with Crippen molar-refractivity contribution >= 4 is 21.2 Å². The molecule has 1 N–H and O–H groups in total. The number of para-hydroxylation sites is 1. The van der Waals surface area contributed by atoms with Crippen molar-refractivity contribution < 1.29 is 5.11 Å². The van der Waals surface area contributed by atoms with Crippen LogP contribution in [-0.4, -0.2) is 32.8 Å². The Balaban J connectivity index is 2.87. The number of phenolic OH excluding ortho intramolecular Hbond substituents is 1. The van der Waals surface area contributed by atoms with Crippen LogP contribution < -0.4 is 0 Å². The fourth-order valence-electron chi connectivity index (χ4n) is 2.05. The van der Waals surface area contributed by atoms with Crippen LogP contribution in [0.3, 0.4) is 0 Å². The number of benzene rings is 1. The van der Waals surface area contributed by atoms with E-state index < -0.39 is 0 Å². The summed E-state index contributed by atoms with van der Waals surface area (Å²) < 4.78 is 0. The molecular weight excluding hydrogens is 289 g/mol. The number of hydrogen-bond acceptors (Lipinski definition) is 2. The molecule has 0 saturated heterocycles. The summed E-state index contributed by atoms with van der Waals surface area (Å²) in [5.41, 5.74) is 1.91. The van der Waals surface area contributed by atoms with E-state index >= 15 is 0 Å². The van der Waals surface area contributed by atoms with Crippen LogP contribution >= 0.6 is 0 Å². The first-order chi connectivity index (χ1) is 8.74. The Morgan fingerprint density at radius 2 is 2.06 bits per heavy atom. The first kappa shape index (κ1) is 15.3. The van der Waals surface area contributed by atoms with Crippen LogP contribution in [0.1, 0.15) is 43.7 Å². The van der Waals surface area contributed by atoms with Crippen LogP contribution in [-0.2, 0) is 0 Å². The van der Waals surface area contributed by atoms with Gasteiger partial charge in [0.25, 0.3) is 0 Å². The summed E-state index contributed by atoms with van der Waals surface area (Å²) in [4.78, 5) is 4.37. The molecule has 0 atom stereocenters. The minimum absolute atomic E-state index is 0.414. The molecule has 0 amide bonds. The molecule has 3 heteroatoms. The van der Waals surface area contributed by atoms with Gasteiger partial charge < -0.3 is 0 Å². The van der Waals surface area contributed by atoms with Gasteiger partial charge in [0.05, 0.1) is 0 Å². The van der Waals surface area contributed by atoms with Crippen molar-refractivity contribution in [3.63, 3.8) is 0 Å². The van der Waals surface area contributed by atoms with Crippen molar-refractivity contribution in [1.29, 1.82) is 0 Å². The molecule has 0 saturated carbocycles. The van der Waals surface area contributed by atoms with Gasteiger partial charge >= 0.3 is 117 Å². The maximum atomic E-state index is 10.3. The Kier molecular flexibility index (Phi) is 7.07. The monoisotopic (exact) mass is 313 g/mol. The number of phenols is 1. The Morgan fingerprint density at radius 3 is 2.67 bits per heavy atom. The summed E-state index contributed by atoms with van der Waals surface area (Å²) in [6.45, 7) is 5.19. The first-order valence-corrected chi connectivity index (χ1v) is 9.47. The molecule has 0 spiro atoms. The summed E-state index contributed by atoms with van der Waals surface area (Å²) in [6.07, 6.45) is 3.93. The molecule has 1 rings (SSSR count). The van der Waals surface area contributed by atoms with Crippen molar-refractivity contribution in [3.05, 3.63) is 29.3 Å². The standard InChI is InChI=1S/C15H23NOSe/c1-4-12(5-2)14-8-6-7-13(15(14)17)11-16-9-10-18-3/h6-8,11-12,17H,4-5,9-10H2,1-3H3. The Hall–Kier alpha value is -0.791. The third-order valence-electron chi connectivity index (χ3n) is 3.18. The molecule has 1 aromatic rings. The van der Waals surface area contributed by atoms with Gasteiger partial charge in [0.1, 0.15) is 0 Å². The van der Waals surface area contributed by atoms with Gasteiger partial charge in [0.2, 0.25) is 0 Å². The predicted molar refractivity (Wildman–Crippen MR) is 80.3 cm³/mol. The molecule has 0 fully saturated rings. The van der Waals surface area contributed by atoms with Crippen LogP contribution in [0.5, 0.6) is 5.75 Å².